The second-order valence-corrected chi connectivity index (χ2v) is 6.49. The summed E-state index contributed by atoms with van der Waals surface area (Å²) < 4.78 is 12.5. The van der Waals surface area contributed by atoms with Gasteiger partial charge in [0, 0.05) is 4.88 Å². The highest BCUT2D eigenvalue weighted by molar-refractivity contribution is 7.19. The van der Waals surface area contributed by atoms with Crippen LogP contribution in [-0.2, 0) is 12.8 Å². The third-order valence-corrected chi connectivity index (χ3v) is 5.22. The molecule has 0 radical (unpaired) electrons. The van der Waals surface area contributed by atoms with E-state index in [0.29, 0.717) is 6.79 Å². The van der Waals surface area contributed by atoms with Crippen LogP contribution in [0.2, 0.25) is 0 Å². The lowest BCUT2D eigenvalue weighted by Crippen LogP contribution is -1.92. The lowest BCUT2D eigenvalue weighted by molar-refractivity contribution is 0.175. The van der Waals surface area contributed by atoms with E-state index in [9.17, 15) is 0 Å². The van der Waals surface area contributed by atoms with E-state index in [1.165, 1.54) is 48.6 Å². The first kappa shape index (κ1) is 13.7. The third-order valence-electron chi connectivity index (χ3n) is 3.92. The first-order chi connectivity index (χ1) is 9.85. The lowest BCUT2D eigenvalue weighted by atomic mass is 10.0. The molecular weight excluding hydrogens is 268 g/mol. The van der Waals surface area contributed by atoms with Crippen molar-refractivity contribution in [1.82, 2.24) is 0 Å². The molecule has 1 aliphatic heterocycles. The molecule has 3 rings (SSSR count). The van der Waals surface area contributed by atoms with Gasteiger partial charge >= 0.3 is 0 Å². The number of thiophene rings is 1. The molecule has 1 aliphatic rings. The van der Waals surface area contributed by atoms with E-state index in [4.69, 9.17) is 9.47 Å². The van der Waals surface area contributed by atoms with Gasteiger partial charge in [-0.25, -0.2) is 0 Å². The van der Waals surface area contributed by atoms with E-state index in [0.717, 1.165) is 11.5 Å². The Labute approximate surface area is 124 Å². The SMILES string of the molecule is CCCCc1sc2c3c(ccc2c1CCCC)OCO3. The van der Waals surface area contributed by atoms with Gasteiger partial charge in [-0.2, -0.15) is 0 Å². The van der Waals surface area contributed by atoms with Crippen LogP contribution in [0.25, 0.3) is 10.1 Å². The maximum absolute atomic E-state index is 5.68. The number of aryl methyl sites for hydroxylation is 2. The maximum atomic E-state index is 5.68. The van der Waals surface area contributed by atoms with Crippen LogP contribution in [-0.4, -0.2) is 6.79 Å². The van der Waals surface area contributed by atoms with Crippen LogP contribution < -0.4 is 9.47 Å². The van der Waals surface area contributed by atoms with E-state index < -0.39 is 0 Å². The molecule has 1 aromatic carbocycles. The van der Waals surface area contributed by atoms with Crippen molar-refractivity contribution in [3.05, 3.63) is 22.6 Å². The van der Waals surface area contributed by atoms with Gasteiger partial charge in [0.2, 0.25) is 6.79 Å². The van der Waals surface area contributed by atoms with Gasteiger partial charge in [0.1, 0.15) is 0 Å². The summed E-state index contributed by atoms with van der Waals surface area (Å²) in [7, 11) is 0. The summed E-state index contributed by atoms with van der Waals surface area (Å²) in [4.78, 5) is 1.55. The molecule has 0 unspecified atom stereocenters. The fourth-order valence-corrected chi connectivity index (χ4v) is 4.17. The van der Waals surface area contributed by atoms with Crippen molar-refractivity contribution in [3.8, 4) is 11.5 Å². The number of fused-ring (bicyclic) bond motifs is 3. The molecular formula is C17H22O2S. The van der Waals surface area contributed by atoms with Crippen LogP contribution in [0.4, 0.5) is 0 Å². The van der Waals surface area contributed by atoms with E-state index in [1.54, 1.807) is 10.4 Å². The van der Waals surface area contributed by atoms with Gasteiger partial charge in [-0.1, -0.05) is 26.7 Å². The van der Waals surface area contributed by atoms with Gasteiger partial charge in [-0.3, -0.25) is 0 Å². The molecule has 0 aliphatic carbocycles. The highest BCUT2D eigenvalue weighted by Gasteiger charge is 2.21. The normalized spacial score (nSPS) is 13.3. The molecule has 0 atom stereocenters. The summed E-state index contributed by atoms with van der Waals surface area (Å²) in [6.45, 7) is 4.88. The van der Waals surface area contributed by atoms with Gasteiger partial charge < -0.3 is 9.47 Å². The topological polar surface area (TPSA) is 18.5 Å². The maximum Gasteiger partial charge on any atom is 0.231 e. The second kappa shape index (κ2) is 6.04. The summed E-state index contributed by atoms with van der Waals surface area (Å²) in [6.07, 6.45) is 7.42. The minimum Gasteiger partial charge on any atom is -0.454 e. The zero-order valence-corrected chi connectivity index (χ0v) is 13.1. The smallest absolute Gasteiger partial charge is 0.231 e. The molecule has 0 bridgehead atoms. The Morgan fingerprint density at radius 3 is 2.65 bits per heavy atom. The standard InChI is InChI=1S/C17H22O2S/c1-3-5-7-12-13-9-10-14-16(19-11-18-14)17(13)20-15(12)8-6-4-2/h9-10H,3-8,11H2,1-2H3. The van der Waals surface area contributed by atoms with Gasteiger partial charge in [-0.15, -0.1) is 11.3 Å². The average molecular weight is 290 g/mol. The Kier molecular flexibility index (Phi) is 4.16. The molecule has 0 N–H and O–H groups in total. The highest BCUT2D eigenvalue weighted by Crippen LogP contribution is 2.45. The zero-order chi connectivity index (χ0) is 13.9. The summed E-state index contributed by atoms with van der Waals surface area (Å²) >= 11 is 1.91. The molecule has 2 heterocycles. The van der Waals surface area contributed by atoms with E-state index >= 15 is 0 Å². The predicted molar refractivity (Wildman–Crippen MR) is 85.2 cm³/mol. The van der Waals surface area contributed by atoms with Crippen LogP contribution in [0.1, 0.15) is 50.0 Å². The van der Waals surface area contributed by atoms with Crippen molar-refractivity contribution >= 4 is 21.4 Å². The quantitative estimate of drug-likeness (QED) is 0.717. The van der Waals surface area contributed by atoms with Crippen LogP contribution in [0.15, 0.2) is 12.1 Å². The van der Waals surface area contributed by atoms with Crippen molar-refractivity contribution in [2.24, 2.45) is 0 Å². The molecule has 108 valence electrons. The Morgan fingerprint density at radius 1 is 1.05 bits per heavy atom. The summed E-state index contributed by atoms with van der Waals surface area (Å²) in [5.41, 5.74) is 1.55. The number of rotatable bonds is 6. The monoisotopic (exact) mass is 290 g/mol. The highest BCUT2D eigenvalue weighted by atomic mass is 32.1. The fraction of sp³-hybridized carbons (Fsp3) is 0.529. The molecule has 0 saturated heterocycles. The summed E-state index contributed by atoms with van der Waals surface area (Å²) in [6, 6.07) is 4.29. The van der Waals surface area contributed by atoms with Crippen molar-refractivity contribution in [2.45, 2.75) is 52.4 Å². The van der Waals surface area contributed by atoms with E-state index in [2.05, 4.69) is 26.0 Å². The fourth-order valence-electron chi connectivity index (χ4n) is 2.79. The molecule has 0 fully saturated rings. The summed E-state index contributed by atoms with van der Waals surface area (Å²) in [5, 5.41) is 1.39. The largest absolute Gasteiger partial charge is 0.454 e. The third kappa shape index (κ3) is 2.39. The number of hydrogen-bond acceptors (Lipinski definition) is 3. The number of benzene rings is 1. The van der Waals surface area contributed by atoms with Gasteiger partial charge in [0.15, 0.2) is 11.5 Å². The molecule has 0 saturated carbocycles. The zero-order valence-electron chi connectivity index (χ0n) is 12.3. The van der Waals surface area contributed by atoms with Crippen molar-refractivity contribution < 1.29 is 9.47 Å². The molecule has 2 aromatic rings. The van der Waals surface area contributed by atoms with Gasteiger partial charge in [0.05, 0.1) is 4.70 Å². The number of hydrogen-bond donors (Lipinski definition) is 0. The molecule has 1 aromatic heterocycles. The van der Waals surface area contributed by atoms with Crippen LogP contribution in [0, 0.1) is 0 Å². The average Bonchev–Trinajstić information content (AvgIpc) is 3.06. The molecule has 3 heteroatoms. The first-order valence-corrected chi connectivity index (χ1v) is 8.49. The minimum atomic E-state index is 0.362. The Hall–Kier alpha value is -1.22. The van der Waals surface area contributed by atoms with Crippen molar-refractivity contribution in [3.63, 3.8) is 0 Å². The Bertz CT molecular complexity index is 601. The molecule has 20 heavy (non-hydrogen) atoms. The van der Waals surface area contributed by atoms with Crippen molar-refractivity contribution in [1.29, 1.82) is 0 Å². The van der Waals surface area contributed by atoms with E-state index in [-0.39, 0.29) is 0 Å². The molecule has 0 amide bonds. The van der Waals surface area contributed by atoms with Gasteiger partial charge in [0.25, 0.3) is 0 Å². The minimum absolute atomic E-state index is 0.362. The molecule has 2 nitrogen and oxygen atoms in total. The van der Waals surface area contributed by atoms with Crippen molar-refractivity contribution in [2.75, 3.05) is 6.79 Å². The first-order valence-electron chi connectivity index (χ1n) is 7.68. The van der Waals surface area contributed by atoms with E-state index in [1.807, 2.05) is 11.3 Å². The van der Waals surface area contributed by atoms with Crippen LogP contribution in [0.5, 0.6) is 11.5 Å². The number of ether oxygens (including phenoxy) is 2. The summed E-state index contributed by atoms with van der Waals surface area (Å²) in [5.74, 6) is 1.87. The lowest BCUT2D eigenvalue weighted by Gasteiger charge is -2.03. The molecule has 0 spiro atoms. The Morgan fingerprint density at radius 2 is 1.85 bits per heavy atom. The predicted octanol–water partition coefficient (Wildman–Crippen LogP) is 5.32. The van der Waals surface area contributed by atoms with Crippen LogP contribution in [0.3, 0.4) is 0 Å². The van der Waals surface area contributed by atoms with Gasteiger partial charge in [-0.05, 0) is 48.8 Å². The number of unbranched alkanes of at least 4 members (excludes halogenated alkanes) is 2. The van der Waals surface area contributed by atoms with Crippen LogP contribution >= 0.6 is 11.3 Å². The second-order valence-electron chi connectivity index (χ2n) is 5.39. The Balaban J connectivity index is 2.06.